The lowest BCUT2D eigenvalue weighted by molar-refractivity contribution is -0.123. The zero-order valence-electron chi connectivity index (χ0n) is 17.0. The Hall–Kier alpha value is -3.12. The molecule has 0 spiro atoms. The molecular formula is C24H21FN2O2S. The number of nitrogens with zero attached hydrogens (tertiary/aromatic N) is 2. The first-order valence-electron chi connectivity index (χ1n) is 9.60. The normalized spacial score (nSPS) is 15.5. The summed E-state index contributed by atoms with van der Waals surface area (Å²) in [7, 11) is 0. The minimum Gasteiger partial charge on any atom is -0.318 e. The summed E-state index contributed by atoms with van der Waals surface area (Å²) in [5, 5.41) is -0.316. The van der Waals surface area contributed by atoms with Crippen LogP contribution in [0.4, 0.5) is 9.18 Å². The average Bonchev–Trinajstić information content (AvgIpc) is 3.14. The Morgan fingerprint density at radius 1 is 1.00 bits per heavy atom. The maximum absolute atomic E-state index is 13.1. The fourth-order valence-electron chi connectivity index (χ4n) is 3.67. The number of thioether (sulfide) groups is 1. The second-order valence-corrected chi connectivity index (χ2v) is 8.34. The number of halogens is 1. The molecule has 0 saturated carbocycles. The molecule has 6 heteroatoms. The number of rotatable bonds is 4. The van der Waals surface area contributed by atoms with Crippen LogP contribution in [-0.2, 0) is 11.3 Å². The SMILES string of the molecule is Cc1ccccc1-n1c(C)cc(C=C2SC(=O)N(Cc3ccc(F)cc3)C2=O)c1C. The number of imide groups is 1. The van der Waals surface area contributed by atoms with Gasteiger partial charge in [-0.1, -0.05) is 30.3 Å². The van der Waals surface area contributed by atoms with Gasteiger partial charge in [0.1, 0.15) is 5.82 Å². The molecular weight excluding hydrogens is 399 g/mol. The number of para-hydroxylation sites is 1. The van der Waals surface area contributed by atoms with Crippen molar-refractivity contribution in [2.75, 3.05) is 0 Å². The molecule has 1 saturated heterocycles. The molecule has 0 N–H and O–H groups in total. The zero-order valence-corrected chi connectivity index (χ0v) is 17.8. The molecule has 2 aromatic carbocycles. The van der Waals surface area contributed by atoms with Crippen LogP contribution in [0, 0.1) is 26.6 Å². The first kappa shape index (κ1) is 20.2. The second-order valence-electron chi connectivity index (χ2n) is 7.34. The second kappa shape index (κ2) is 7.95. The number of amides is 2. The van der Waals surface area contributed by atoms with Crippen LogP contribution >= 0.6 is 11.8 Å². The Morgan fingerprint density at radius 2 is 1.70 bits per heavy atom. The lowest BCUT2D eigenvalue weighted by Crippen LogP contribution is -2.27. The smallest absolute Gasteiger partial charge is 0.293 e. The Morgan fingerprint density at radius 3 is 2.40 bits per heavy atom. The monoisotopic (exact) mass is 420 g/mol. The quantitative estimate of drug-likeness (QED) is 0.503. The van der Waals surface area contributed by atoms with E-state index in [0.29, 0.717) is 10.5 Å². The van der Waals surface area contributed by atoms with E-state index in [1.54, 1.807) is 18.2 Å². The number of aromatic nitrogens is 1. The summed E-state index contributed by atoms with van der Waals surface area (Å²) in [4.78, 5) is 26.9. The third-order valence-corrected chi connectivity index (χ3v) is 6.15. The molecule has 30 heavy (non-hydrogen) atoms. The molecule has 2 heterocycles. The van der Waals surface area contributed by atoms with E-state index < -0.39 is 0 Å². The molecule has 0 radical (unpaired) electrons. The summed E-state index contributed by atoms with van der Waals surface area (Å²) in [5.41, 5.74) is 5.92. The Balaban J connectivity index is 1.63. The van der Waals surface area contributed by atoms with Crippen molar-refractivity contribution >= 4 is 29.0 Å². The lowest BCUT2D eigenvalue weighted by Gasteiger charge is -2.12. The van der Waals surface area contributed by atoms with Gasteiger partial charge in [0.15, 0.2) is 0 Å². The lowest BCUT2D eigenvalue weighted by atomic mass is 10.2. The fourth-order valence-corrected chi connectivity index (χ4v) is 4.50. The van der Waals surface area contributed by atoms with Crippen LogP contribution in [0.25, 0.3) is 11.8 Å². The number of carbonyl (C=O) groups excluding carboxylic acids is 2. The molecule has 0 bridgehead atoms. The van der Waals surface area contributed by atoms with Crippen molar-refractivity contribution in [3.63, 3.8) is 0 Å². The molecule has 0 atom stereocenters. The van der Waals surface area contributed by atoms with Crippen LogP contribution in [0.3, 0.4) is 0 Å². The predicted octanol–water partition coefficient (Wildman–Crippen LogP) is 5.78. The first-order valence-corrected chi connectivity index (χ1v) is 10.4. The molecule has 1 fully saturated rings. The van der Waals surface area contributed by atoms with Crippen LogP contribution in [-0.4, -0.2) is 20.6 Å². The highest BCUT2D eigenvalue weighted by molar-refractivity contribution is 8.18. The van der Waals surface area contributed by atoms with Gasteiger partial charge < -0.3 is 4.57 Å². The van der Waals surface area contributed by atoms with Crippen molar-refractivity contribution in [1.82, 2.24) is 9.47 Å². The third kappa shape index (κ3) is 3.71. The summed E-state index contributed by atoms with van der Waals surface area (Å²) in [5.74, 6) is -0.674. The van der Waals surface area contributed by atoms with Crippen LogP contribution in [0.1, 0.15) is 28.1 Å². The molecule has 4 nitrogen and oxygen atoms in total. The minimum atomic E-state index is -0.350. The topological polar surface area (TPSA) is 42.3 Å². The zero-order chi connectivity index (χ0) is 21.4. The van der Waals surface area contributed by atoms with Gasteiger partial charge in [-0.2, -0.15) is 0 Å². The number of aryl methyl sites for hydroxylation is 2. The largest absolute Gasteiger partial charge is 0.318 e. The number of carbonyl (C=O) groups is 2. The summed E-state index contributed by atoms with van der Waals surface area (Å²) >= 11 is 0.937. The predicted molar refractivity (Wildman–Crippen MR) is 118 cm³/mol. The van der Waals surface area contributed by atoms with Gasteiger partial charge in [0.05, 0.1) is 11.4 Å². The first-order chi connectivity index (χ1) is 14.3. The summed E-state index contributed by atoms with van der Waals surface area (Å²) in [6.45, 7) is 6.23. The maximum atomic E-state index is 13.1. The summed E-state index contributed by atoms with van der Waals surface area (Å²) < 4.78 is 15.3. The van der Waals surface area contributed by atoms with Crippen molar-refractivity contribution in [3.8, 4) is 5.69 Å². The fraction of sp³-hybridized carbons (Fsp3) is 0.167. The highest BCUT2D eigenvalue weighted by atomic mass is 32.2. The molecule has 0 aliphatic carbocycles. The van der Waals surface area contributed by atoms with Crippen LogP contribution < -0.4 is 0 Å². The van der Waals surface area contributed by atoms with E-state index >= 15 is 0 Å². The summed E-state index contributed by atoms with van der Waals surface area (Å²) in [6.07, 6.45) is 1.78. The third-order valence-electron chi connectivity index (χ3n) is 5.24. The molecule has 1 aliphatic rings. The molecule has 152 valence electrons. The van der Waals surface area contributed by atoms with Gasteiger partial charge >= 0.3 is 0 Å². The Labute approximate surface area is 179 Å². The number of hydrogen-bond acceptors (Lipinski definition) is 3. The van der Waals surface area contributed by atoms with E-state index in [0.717, 1.165) is 40.0 Å². The Bertz CT molecular complexity index is 1180. The number of hydrogen-bond donors (Lipinski definition) is 0. The van der Waals surface area contributed by atoms with Crippen LogP contribution in [0.15, 0.2) is 59.5 Å². The highest BCUT2D eigenvalue weighted by Gasteiger charge is 2.35. The molecule has 2 amide bonds. The van der Waals surface area contributed by atoms with E-state index in [4.69, 9.17) is 0 Å². The molecule has 3 aromatic rings. The van der Waals surface area contributed by atoms with Crippen molar-refractivity contribution in [1.29, 1.82) is 0 Å². The number of benzene rings is 2. The van der Waals surface area contributed by atoms with E-state index in [2.05, 4.69) is 23.6 Å². The molecule has 4 rings (SSSR count). The maximum Gasteiger partial charge on any atom is 0.293 e. The van der Waals surface area contributed by atoms with Gasteiger partial charge in [-0.25, -0.2) is 4.39 Å². The molecule has 1 aromatic heterocycles. The van der Waals surface area contributed by atoms with Gasteiger partial charge in [0.2, 0.25) is 0 Å². The van der Waals surface area contributed by atoms with Gasteiger partial charge in [0.25, 0.3) is 11.1 Å². The van der Waals surface area contributed by atoms with Crippen molar-refractivity contribution < 1.29 is 14.0 Å². The van der Waals surface area contributed by atoms with E-state index in [-0.39, 0.29) is 23.5 Å². The van der Waals surface area contributed by atoms with Gasteiger partial charge in [-0.05, 0) is 79.6 Å². The van der Waals surface area contributed by atoms with E-state index in [9.17, 15) is 14.0 Å². The standard InChI is InChI=1S/C24H21FN2O2S/c1-15-6-4-5-7-21(15)27-16(2)12-19(17(27)3)13-22-23(28)26(24(29)30-22)14-18-8-10-20(25)11-9-18/h4-13H,14H2,1-3H3. The van der Waals surface area contributed by atoms with Crippen LogP contribution in [0.5, 0.6) is 0 Å². The van der Waals surface area contributed by atoms with E-state index in [1.807, 2.05) is 32.0 Å². The van der Waals surface area contributed by atoms with Crippen molar-refractivity contribution in [2.24, 2.45) is 0 Å². The molecule has 1 aliphatic heterocycles. The summed E-state index contributed by atoms with van der Waals surface area (Å²) in [6, 6.07) is 16.0. The van der Waals surface area contributed by atoms with Crippen molar-refractivity contribution in [2.45, 2.75) is 27.3 Å². The average molecular weight is 421 g/mol. The highest BCUT2D eigenvalue weighted by Crippen LogP contribution is 2.35. The Kier molecular flexibility index (Phi) is 5.35. The van der Waals surface area contributed by atoms with Gasteiger partial charge in [-0.15, -0.1) is 0 Å². The van der Waals surface area contributed by atoms with Gasteiger partial charge in [-0.3, -0.25) is 14.5 Å². The van der Waals surface area contributed by atoms with Crippen molar-refractivity contribution in [3.05, 3.63) is 93.4 Å². The molecule has 0 unspecified atom stereocenters. The van der Waals surface area contributed by atoms with Crippen LogP contribution in [0.2, 0.25) is 0 Å². The van der Waals surface area contributed by atoms with E-state index in [1.165, 1.54) is 17.0 Å². The minimum absolute atomic E-state index is 0.129. The van der Waals surface area contributed by atoms with Gasteiger partial charge in [0, 0.05) is 17.1 Å².